The fourth-order valence-electron chi connectivity index (χ4n) is 9.24. The van der Waals surface area contributed by atoms with Crippen molar-refractivity contribution in [2.75, 3.05) is 13.2 Å². The topological polar surface area (TPSA) is 78.9 Å². The zero-order valence-electron chi connectivity index (χ0n) is 48.7. The summed E-state index contributed by atoms with van der Waals surface area (Å²) in [7, 11) is 0. The molecular weight excluding hydrogens is 901 g/mol. The molecule has 0 heterocycles. The van der Waals surface area contributed by atoms with Gasteiger partial charge in [-0.2, -0.15) is 0 Å². The van der Waals surface area contributed by atoms with Crippen molar-refractivity contribution in [3.63, 3.8) is 0 Å². The van der Waals surface area contributed by atoms with E-state index in [0.29, 0.717) is 19.3 Å². The molecule has 0 radical (unpaired) electrons. The Morgan fingerprint density at radius 1 is 0.288 bits per heavy atom. The van der Waals surface area contributed by atoms with Gasteiger partial charge in [-0.3, -0.25) is 14.4 Å². The molecule has 0 saturated heterocycles. The summed E-state index contributed by atoms with van der Waals surface area (Å²) in [5.41, 5.74) is 0. The summed E-state index contributed by atoms with van der Waals surface area (Å²) >= 11 is 0. The van der Waals surface area contributed by atoms with Gasteiger partial charge in [-0.25, -0.2) is 0 Å². The number of hydrogen-bond acceptors (Lipinski definition) is 6. The quantitative estimate of drug-likeness (QED) is 0.0261. The van der Waals surface area contributed by atoms with Gasteiger partial charge in [0.2, 0.25) is 0 Å². The van der Waals surface area contributed by atoms with Crippen molar-refractivity contribution in [2.45, 2.75) is 335 Å². The van der Waals surface area contributed by atoms with Gasteiger partial charge in [-0.15, -0.1) is 0 Å². The molecule has 0 aromatic rings. The molecule has 0 aromatic carbocycles. The third-order valence-corrected chi connectivity index (χ3v) is 14.0. The average molecular weight is 1020 g/mol. The summed E-state index contributed by atoms with van der Waals surface area (Å²) in [6, 6.07) is 0. The highest BCUT2D eigenvalue weighted by atomic mass is 16.6. The predicted octanol–water partition coefficient (Wildman–Crippen LogP) is 21.6. The summed E-state index contributed by atoms with van der Waals surface area (Å²) in [5.74, 6) is -0.899. The minimum atomic E-state index is -0.788. The van der Waals surface area contributed by atoms with Crippen molar-refractivity contribution in [1.29, 1.82) is 0 Å². The van der Waals surface area contributed by atoms with Crippen LogP contribution >= 0.6 is 0 Å². The summed E-state index contributed by atoms with van der Waals surface area (Å²) in [6.07, 6.45) is 78.1. The van der Waals surface area contributed by atoms with Crippen LogP contribution in [0.5, 0.6) is 0 Å². The number of carbonyl (C=O) groups is 3. The highest BCUT2D eigenvalue weighted by Gasteiger charge is 2.19. The van der Waals surface area contributed by atoms with E-state index in [2.05, 4.69) is 81.5 Å². The van der Waals surface area contributed by atoms with E-state index in [0.717, 1.165) is 116 Å². The second kappa shape index (κ2) is 61.7. The van der Waals surface area contributed by atoms with E-state index in [9.17, 15) is 14.4 Å². The van der Waals surface area contributed by atoms with E-state index in [1.807, 2.05) is 0 Å². The lowest BCUT2D eigenvalue weighted by Gasteiger charge is -2.18. The molecule has 0 saturated carbocycles. The molecule has 0 aliphatic rings. The lowest BCUT2D eigenvalue weighted by Crippen LogP contribution is -2.30. The van der Waals surface area contributed by atoms with Crippen LogP contribution in [-0.2, 0) is 28.6 Å². The Morgan fingerprint density at radius 3 is 0.877 bits per heavy atom. The number of allylic oxidation sites excluding steroid dienone is 10. The van der Waals surface area contributed by atoms with Crippen molar-refractivity contribution >= 4 is 17.9 Å². The van der Waals surface area contributed by atoms with E-state index in [1.54, 1.807) is 0 Å². The molecular formula is C67H120O6. The molecule has 6 heteroatoms. The van der Waals surface area contributed by atoms with E-state index in [4.69, 9.17) is 14.2 Å². The van der Waals surface area contributed by atoms with E-state index < -0.39 is 6.10 Å². The van der Waals surface area contributed by atoms with Crippen molar-refractivity contribution < 1.29 is 28.6 Å². The summed E-state index contributed by atoms with van der Waals surface area (Å²) in [6.45, 7) is 6.50. The largest absolute Gasteiger partial charge is 0.462 e. The molecule has 73 heavy (non-hydrogen) atoms. The molecule has 0 aliphatic heterocycles. The minimum absolute atomic E-state index is 0.0832. The minimum Gasteiger partial charge on any atom is -0.462 e. The first-order chi connectivity index (χ1) is 36.0. The van der Waals surface area contributed by atoms with Crippen LogP contribution in [0.2, 0.25) is 0 Å². The number of hydrogen-bond donors (Lipinski definition) is 0. The van der Waals surface area contributed by atoms with Crippen LogP contribution in [0.3, 0.4) is 0 Å². The molecule has 0 rings (SSSR count). The summed E-state index contributed by atoms with van der Waals surface area (Å²) in [4.78, 5) is 38.2. The molecule has 0 amide bonds. The van der Waals surface area contributed by atoms with Gasteiger partial charge in [0.05, 0.1) is 0 Å². The highest BCUT2D eigenvalue weighted by molar-refractivity contribution is 5.71. The maximum Gasteiger partial charge on any atom is 0.306 e. The second-order valence-corrected chi connectivity index (χ2v) is 21.3. The predicted molar refractivity (Wildman–Crippen MR) is 316 cm³/mol. The molecule has 6 nitrogen and oxygen atoms in total. The number of esters is 3. The first-order valence-corrected chi connectivity index (χ1v) is 31.8. The molecule has 424 valence electrons. The molecule has 1 unspecified atom stereocenters. The second-order valence-electron chi connectivity index (χ2n) is 21.3. The highest BCUT2D eigenvalue weighted by Crippen LogP contribution is 2.17. The Balaban J connectivity index is 4.24. The van der Waals surface area contributed by atoms with Crippen LogP contribution in [0.15, 0.2) is 60.8 Å². The van der Waals surface area contributed by atoms with Gasteiger partial charge in [0.25, 0.3) is 0 Å². The number of unbranched alkanes of at least 4 members (excludes halogenated alkanes) is 37. The average Bonchev–Trinajstić information content (AvgIpc) is 3.39. The van der Waals surface area contributed by atoms with Crippen LogP contribution in [0.1, 0.15) is 329 Å². The fourth-order valence-corrected chi connectivity index (χ4v) is 9.24. The Bertz CT molecular complexity index is 1310. The third-order valence-electron chi connectivity index (χ3n) is 14.0. The van der Waals surface area contributed by atoms with Gasteiger partial charge in [-0.1, -0.05) is 293 Å². The van der Waals surface area contributed by atoms with Crippen LogP contribution in [-0.4, -0.2) is 37.2 Å². The molecule has 0 aliphatic carbocycles. The Kier molecular flexibility index (Phi) is 59.2. The molecule has 0 fully saturated rings. The lowest BCUT2D eigenvalue weighted by atomic mass is 10.0. The van der Waals surface area contributed by atoms with Gasteiger partial charge < -0.3 is 14.2 Å². The SMILES string of the molecule is CC/C=C\C/C=C\C/C=C\CCCCCCCC(=O)OC(COC(=O)CCCCCCC/C=C\C/C=C\CCCC)COC(=O)CCCCCCCCCCCCCCCCCCCCCCCCCCCC. The van der Waals surface area contributed by atoms with Crippen molar-refractivity contribution in [1.82, 2.24) is 0 Å². The van der Waals surface area contributed by atoms with Gasteiger partial charge in [-0.05, 0) is 77.0 Å². The van der Waals surface area contributed by atoms with E-state index in [1.165, 1.54) is 173 Å². The lowest BCUT2D eigenvalue weighted by molar-refractivity contribution is -0.167. The Morgan fingerprint density at radius 2 is 0.548 bits per heavy atom. The zero-order valence-corrected chi connectivity index (χ0v) is 48.7. The van der Waals surface area contributed by atoms with Crippen LogP contribution < -0.4 is 0 Å². The smallest absolute Gasteiger partial charge is 0.306 e. The van der Waals surface area contributed by atoms with E-state index in [-0.39, 0.29) is 31.1 Å². The van der Waals surface area contributed by atoms with Crippen LogP contribution in [0.4, 0.5) is 0 Å². The van der Waals surface area contributed by atoms with Gasteiger partial charge >= 0.3 is 17.9 Å². The third kappa shape index (κ3) is 59.9. The normalized spacial score (nSPS) is 12.4. The number of carbonyl (C=O) groups excluding carboxylic acids is 3. The monoisotopic (exact) mass is 1020 g/mol. The first-order valence-electron chi connectivity index (χ1n) is 31.8. The van der Waals surface area contributed by atoms with Crippen LogP contribution in [0, 0.1) is 0 Å². The fraction of sp³-hybridized carbons (Fsp3) is 0.806. The van der Waals surface area contributed by atoms with Crippen LogP contribution in [0.25, 0.3) is 0 Å². The molecule has 0 aromatic heterocycles. The Hall–Kier alpha value is -2.89. The number of rotatable bonds is 58. The molecule has 1 atom stereocenters. The Labute approximate surface area is 453 Å². The molecule has 0 bridgehead atoms. The van der Waals surface area contributed by atoms with Gasteiger partial charge in [0.1, 0.15) is 13.2 Å². The molecule has 0 N–H and O–H groups in total. The van der Waals surface area contributed by atoms with E-state index >= 15 is 0 Å². The molecule has 0 spiro atoms. The first kappa shape index (κ1) is 70.1. The summed E-state index contributed by atoms with van der Waals surface area (Å²) < 4.78 is 16.9. The van der Waals surface area contributed by atoms with Gasteiger partial charge in [0, 0.05) is 19.3 Å². The maximum absolute atomic E-state index is 12.9. The zero-order chi connectivity index (χ0) is 52.9. The van der Waals surface area contributed by atoms with Crippen molar-refractivity contribution in [3.05, 3.63) is 60.8 Å². The summed E-state index contributed by atoms with van der Waals surface area (Å²) in [5, 5.41) is 0. The van der Waals surface area contributed by atoms with Crippen molar-refractivity contribution in [2.24, 2.45) is 0 Å². The number of ether oxygens (including phenoxy) is 3. The van der Waals surface area contributed by atoms with Gasteiger partial charge in [0.15, 0.2) is 6.10 Å². The standard InChI is InChI=1S/C67H120O6/c1-4-7-10-13-16-19-22-25-28-29-30-31-32-33-34-35-36-37-38-40-42-45-48-51-54-57-60-66(69)72-63-64(62-71-65(68)59-56-53-50-47-44-41-27-24-21-18-15-12-9-6-3)73-67(70)61-58-55-52-49-46-43-39-26-23-20-17-14-11-8-5-2/h8,11,15,17-18,20,24,26-27,39,64H,4-7,9-10,12-14,16,19,21-23,25,28-38,40-63H2,1-3H3/b11-8-,18-15-,20-17-,27-24-,39-26-. The van der Waals surface area contributed by atoms with Crippen molar-refractivity contribution in [3.8, 4) is 0 Å². The maximum atomic E-state index is 12.9.